The SMILES string of the molecule is C=NC1C=C(C2=NNCc3ncc(-c4cncc(NC(=O)c5ccccc5)c4)cc32)Nc2cncc(-c3ccoc3)c21. The first-order valence-electron chi connectivity index (χ1n) is 13.2. The van der Waals surface area contributed by atoms with E-state index in [4.69, 9.17) is 9.40 Å². The number of fused-ring (bicyclic) bond motifs is 2. The summed E-state index contributed by atoms with van der Waals surface area (Å²) in [6, 6.07) is 14.5. The van der Waals surface area contributed by atoms with Gasteiger partial charge in [0.2, 0.25) is 0 Å². The summed E-state index contributed by atoms with van der Waals surface area (Å²) in [7, 11) is 0. The third-order valence-electron chi connectivity index (χ3n) is 7.19. The maximum Gasteiger partial charge on any atom is 0.255 e. The van der Waals surface area contributed by atoms with Gasteiger partial charge in [-0.25, -0.2) is 0 Å². The van der Waals surface area contributed by atoms with Gasteiger partial charge in [-0.1, -0.05) is 18.2 Å². The fourth-order valence-electron chi connectivity index (χ4n) is 5.16. The molecule has 6 heterocycles. The molecule has 10 nitrogen and oxygen atoms in total. The van der Waals surface area contributed by atoms with E-state index in [2.05, 4.69) is 42.8 Å². The summed E-state index contributed by atoms with van der Waals surface area (Å²) >= 11 is 0. The number of anilines is 2. The number of aromatic nitrogens is 3. The van der Waals surface area contributed by atoms with Crippen molar-refractivity contribution in [2.45, 2.75) is 12.6 Å². The lowest BCUT2D eigenvalue weighted by Crippen LogP contribution is -2.27. The number of nitrogens with one attached hydrogen (secondary N) is 3. The van der Waals surface area contributed by atoms with E-state index in [-0.39, 0.29) is 11.9 Å². The highest BCUT2D eigenvalue weighted by Gasteiger charge is 2.28. The molecular formula is C32H24N8O2. The van der Waals surface area contributed by atoms with E-state index in [1.54, 1.807) is 55.6 Å². The molecule has 42 heavy (non-hydrogen) atoms. The highest BCUT2D eigenvalue weighted by atomic mass is 16.3. The van der Waals surface area contributed by atoms with Crippen LogP contribution in [0.4, 0.5) is 11.4 Å². The van der Waals surface area contributed by atoms with Crippen molar-refractivity contribution in [3.63, 3.8) is 0 Å². The van der Waals surface area contributed by atoms with Crippen molar-refractivity contribution >= 4 is 29.7 Å². The molecule has 0 saturated carbocycles. The summed E-state index contributed by atoms with van der Waals surface area (Å²) in [4.78, 5) is 30.7. The standard InChI is InChI=1S/C32H24N8O2/c1-33-26-11-27(39-29-16-35-15-25(30(26)29)20-7-8-42-18-20)31-24-10-22(13-36-28(24)17-37-40-31)21-9-23(14-34-12-21)38-32(41)19-5-3-2-4-6-19/h2-16,18,26,37,39H,1,17H2,(H,38,41). The number of allylic oxidation sites excluding steroid dienone is 1. The van der Waals surface area contributed by atoms with Gasteiger partial charge in [-0.05, 0) is 43.1 Å². The maximum atomic E-state index is 12.7. The lowest BCUT2D eigenvalue weighted by Gasteiger charge is -2.28. The van der Waals surface area contributed by atoms with E-state index in [1.807, 2.05) is 42.5 Å². The normalized spacial score (nSPS) is 15.2. The number of aliphatic imine (C=N–C) groups is 1. The van der Waals surface area contributed by atoms with Crippen LogP contribution in [0.25, 0.3) is 22.3 Å². The van der Waals surface area contributed by atoms with Crippen LogP contribution >= 0.6 is 0 Å². The van der Waals surface area contributed by atoms with Crippen LogP contribution in [0, 0.1) is 0 Å². The molecule has 1 atom stereocenters. The van der Waals surface area contributed by atoms with E-state index in [9.17, 15) is 4.79 Å². The van der Waals surface area contributed by atoms with Crippen LogP contribution < -0.4 is 16.1 Å². The molecule has 1 amide bonds. The smallest absolute Gasteiger partial charge is 0.255 e. The molecule has 3 N–H and O–H groups in total. The van der Waals surface area contributed by atoms with Crippen molar-refractivity contribution in [3.8, 4) is 22.3 Å². The van der Waals surface area contributed by atoms with Crippen LogP contribution in [-0.4, -0.2) is 33.3 Å². The van der Waals surface area contributed by atoms with Crippen molar-refractivity contribution in [2.75, 3.05) is 10.6 Å². The molecule has 7 rings (SSSR count). The molecule has 4 aromatic heterocycles. The fourth-order valence-corrected chi connectivity index (χ4v) is 5.16. The summed E-state index contributed by atoms with van der Waals surface area (Å²) in [5, 5.41) is 11.1. The second-order valence-electron chi connectivity index (χ2n) is 9.79. The first-order chi connectivity index (χ1) is 20.7. The van der Waals surface area contributed by atoms with Gasteiger partial charge in [0.1, 0.15) is 5.71 Å². The van der Waals surface area contributed by atoms with Crippen LogP contribution in [0.3, 0.4) is 0 Å². The second kappa shape index (κ2) is 10.6. The number of hydrazone groups is 1. The van der Waals surface area contributed by atoms with Gasteiger partial charge in [-0.2, -0.15) is 5.10 Å². The predicted molar refractivity (Wildman–Crippen MR) is 161 cm³/mol. The minimum absolute atomic E-state index is 0.204. The third kappa shape index (κ3) is 4.60. The molecule has 0 saturated heterocycles. The molecule has 0 spiro atoms. The Labute approximate surface area is 241 Å². The maximum absolute atomic E-state index is 12.7. The van der Waals surface area contributed by atoms with Crippen molar-refractivity contribution in [1.82, 2.24) is 20.4 Å². The number of hydrogen-bond acceptors (Lipinski definition) is 9. The summed E-state index contributed by atoms with van der Waals surface area (Å²) in [6.07, 6.45) is 14.1. The quantitative estimate of drug-likeness (QED) is 0.234. The monoisotopic (exact) mass is 552 g/mol. The molecule has 0 aliphatic carbocycles. The molecule has 1 aromatic carbocycles. The zero-order chi connectivity index (χ0) is 28.5. The van der Waals surface area contributed by atoms with Gasteiger partial charge >= 0.3 is 0 Å². The minimum atomic E-state index is -0.331. The number of pyridine rings is 3. The molecular weight excluding hydrogens is 528 g/mol. The highest BCUT2D eigenvalue weighted by molar-refractivity contribution is 6.16. The largest absolute Gasteiger partial charge is 0.472 e. The molecule has 0 fully saturated rings. The van der Waals surface area contributed by atoms with E-state index in [0.29, 0.717) is 23.5 Å². The van der Waals surface area contributed by atoms with Crippen molar-refractivity contribution in [3.05, 3.63) is 126 Å². The van der Waals surface area contributed by atoms with Crippen molar-refractivity contribution in [2.24, 2.45) is 10.1 Å². The molecule has 10 heteroatoms. The highest BCUT2D eigenvalue weighted by Crippen LogP contribution is 2.40. The number of benzene rings is 1. The number of hydrogen-bond donors (Lipinski definition) is 3. The summed E-state index contributed by atoms with van der Waals surface area (Å²) in [5.41, 5.74) is 12.7. The van der Waals surface area contributed by atoms with Gasteiger partial charge in [0, 0.05) is 57.5 Å². The van der Waals surface area contributed by atoms with E-state index >= 15 is 0 Å². The van der Waals surface area contributed by atoms with Crippen LogP contribution in [0.5, 0.6) is 0 Å². The van der Waals surface area contributed by atoms with Crippen molar-refractivity contribution in [1.29, 1.82) is 0 Å². The molecule has 5 aromatic rings. The zero-order valence-electron chi connectivity index (χ0n) is 22.3. The summed E-state index contributed by atoms with van der Waals surface area (Å²) < 4.78 is 5.31. The Bertz CT molecular complexity index is 1880. The summed E-state index contributed by atoms with van der Waals surface area (Å²) in [5.74, 6) is -0.204. The van der Waals surface area contributed by atoms with Crippen LogP contribution in [-0.2, 0) is 6.54 Å². The van der Waals surface area contributed by atoms with Crippen LogP contribution in [0.1, 0.15) is 33.2 Å². The molecule has 0 radical (unpaired) electrons. The number of amides is 1. The molecule has 204 valence electrons. The number of carbonyl (C=O) groups excluding carboxylic acids is 1. The fraction of sp³-hybridized carbons (Fsp3) is 0.0625. The Morgan fingerprint density at radius 1 is 0.976 bits per heavy atom. The van der Waals surface area contributed by atoms with Crippen LogP contribution in [0.2, 0.25) is 0 Å². The Morgan fingerprint density at radius 2 is 1.83 bits per heavy atom. The van der Waals surface area contributed by atoms with Crippen molar-refractivity contribution < 1.29 is 9.21 Å². The molecule has 2 aliphatic rings. The van der Waals surface area contributed by atoms with Gasteiger partial charge in [0.25, 0.3) is 5.91 Å². The Balaban J connectivity index is 1.21. The van der Waals surface area contributed by atoms with Gasteiger partial charge in [0.15, 0.2) is 0 Å². The second-order valence-corrected chi connectivity index (χ2v) is 9.79. The minimum Gasteiger partial charge on any atom is -0.472 e. The number of carbonyl (C=O) groups is 1. The lowest BCUT2D eigenvalue weighted by molar-refractivity contribution is 0.102. The van der Waals surface area contributed by atoms with E-state index < -0.39 is 0 Å². The Hall–Kier alpha value is -5.90. The number of rotatable bonds is 6. The number of furan rings is 1. The first kappa shape index (κ1) is 25.1. The zero-order valence-corrected chi connectivity index (χ0v) is 22.3. The average Bonchev–Trinajstić information content (AvgIpc) is 3.59. The van der Waals surface area contributed by atoms with Gasteiger partial charge in [-0.3, -0.25) is 24.7 Å². The van der Waals surface area contributed by atoms with E-state index in [0.717, 1.165) is 50.5 Å². The summed E-state index contributed by atoms with van der Waals surface area (Å²) in [6.45, 7) is 4.35. The Morgan fingerprint density at radius 3 is 2.67 bits per heavy atom. The third-order valence-corrected chi connectivity index (χ3v) is 7.19. The van der Waals surface area contributed by atoms with Gasteiger partial charge < -0.3 is 20.5 Å². The van der Waals surface area contributed by atoms with E-state index in [1.165, 1.54) is 0 Å². The average molecular weight is 553 g/mol. The Kier molecular flexibility index (Phi) is 6.32. The predicted octanol–water partition coefficient (Wildman–Crippen LogP) is 5.61. The molecule has 2 aliphatic heterocycles. The number of nitrogens with zero attached hydrogens (tertiary/aromatic N) is 5. The lowest BCUT2D eigenvalue weighted by atomic mass is 9.91. The topological polar surface area (TPSA) is 130 Å². The molecule has 1 unspecified atom stereocenters. The van der Waals surface area contributed by atoms with Gasteiger partial charge in [0.05, 0.1) is 60.3 Å². The van der Waals surface area contributed by atoms with Gasteiger partial charge in [-0.15, -0.1) is 0 Å². The molecule has 0 bridgehead atoms. The first-order valence-corrected chi connectivity index (χ1v) is 13.2. The van der Waals surface area contributed by atoms with Crippen LogP contribution in [0.15, 0.2) is 118 Å².